The van der Waals surface area contributed by atoms with Crippen molar-refractivity contribution in [2.24, 2.45) is 5.92 Å². The Balaban J connectivity index is 1.44. The molecule has 2 N–H and O–H groups in total. The SMILES string of the molecule is O=C(Cc1ccc(-n2cnnn2)cc1)NCCC1CCNC1. The zero-order valence-corrected chi connectivity index (χ0v) is 12.4. The van der Waals surface area contributed by atoms with Crippen molar-refractivity contribution in [1.29, 1.82) is 0 Å². The molecule has 0 radical (unpaired) electrons. The maximum absolute atomic E-state index is 11.9. The number of aromatic nitrogens is 4. The number of tetrazole rings is 1. The molecule has 22 heavy (non-hydrogen) atoms. The highest BCUT2D eigenvalue weighted by Gasteiger charge is 2.14. The van der Waals surface area contributed by atoms with Gasteiger partial charge in [-0.1, -0.05) is 12.1 Å². The minimum absolute atomic E-state index is 0.0705. The fraction of sp³-hybridized carbons (Fsp3) is 0.467. The lowest BCUT2D eigenvalue weighted by molar-refractivity contribution is -0.120. The first-order chi connectivity index (χ1) is 10.8. The average molecular weight is 300 g/mol. The quantitative estimate of drug-likeness (QED) is 0.802. The van der Waals surface area contributed by atoms with E-state index < -0.39 is 0 Å². The lowest BCUT2D eigenvalue weighted by Crippen LogP contribution is -2.27. The van der Waals surface area contributed by atoms with E-state index in [-0.39, 0.29) is 5.91 Å². The van der Waals surface area contributed by atoms with Gasteiger partial charge in [0.2, 0.25) is 5.91 Å². The van der Waals surface area contributed by atoms with Crippen LogP contribution in [0.25, 0.3) is 5.69 Å². The van der Waals surface area contributed by atoms with Crippen molar-refractivity contribution in [2.75, 3.05) is 19.6 Å². The Hall–Kier alpha value is -2.28. The minimum Gasteiger partial charge on any atom is -0.356 e. The first-order valence-electron chi connectivity index (χ1n) is 7.61. The first kappa shape index (κ1) is 14.6. The lowest BCUT2D eigenvalue weighted by atomic mass is 10.1. The van der Waals surface area contributed by atoms with Crippen LogP contribution in [0.5, 0.6) is 0 Å². The highest BCUT2D eigenvalue weighted by molar-refractivity contribution is 5.78. The Kier molecular flexibility index (Phi) is 4.75. The maximum Gasteiger partial charge on any atom is 0.224 e. The van der Waals surface area contributed by atoms with Crippen LogP contribution in [0.4, 0.5) is 0 Å². The van der Waals surface area contributed by atoms with Crippen LogP contribution in [0.15, 0.2) is 30.6 Å². The third-order valence-electron chi connectivity index (χ3n) is 3.95. The maximum atomic E-state index is 11.9. The minimum atomic E-state index is 0.0705. The average Bonchev–Trinajstić information content (AvgIpc) is 3.21. The van der Waals surface area contributed by atoms with Crippen LogP contribution >= 0.6 is 0 Å². The molecule has 1 aliphatic heterocycles. The number of nitrogens with one attached hydrogen (secondary N) is 2. The topological polar surface area (TPSA) is 84.7 Å². The predicted octanol–water partition coefficient (Wildman–Crippen LogP) is 0.321. The van der Waals surface area contributed by atoms with Crippen LogP contribution in [0.2, 0.25) is 0 Å². The number of benzene rings is 1. The second-order valence-electron chi connectivity index (χ2n) is 5.60. The van der Waals surface area contributed by atoms with Crippen molar-refractivity contribution in [2.45, 2.75) is 19.3 Å². The molecule has 1 amide bonds. The smallest absolute Gasteiger partial charge is 0.224 e. The Labute approximate surface area is 129 Å². The molecular formula is C15H20N6O. The van der Waals surface area contributed by atoms with Gasteiger partial charge in [0, 0.05) is 6.54 Å². The fourth-order valence-corrected chi connectivity index (χ4v) is 2.67. The standard InChI is InChI=1S/C15H20N6O/c22-15(17-8-6-13-5-7-16-10-13)9-12-1-3-14(4-2-12)21-11-18-19-20-21/h1-4,11,13,16H,5-10H2,(H,17,22). The molecule has 2 aromatic rings. The van der Waals surface area contributed by atoms with Crippen molar-refractivity contribution in [1.82, 2.24) is 30.8 Å². The molecule has 1 saturated heterocycles. The molecule has 0 aliphatic carbocycles. The molecule has 1 unspecified atom stereocenters. The zero-order chi connectivity index (χ0) is 15.2. The molecular weight excluding hydrogens is 280 g/mol. The molecule has 0 bridgehead atoms. The summed E-state index contributed by atoms with van der Waals surface area (Å²) in [5.74, 6) is 0.775. The van der Waals surface area contributed by atoms with E-state index in [1.54, 1.807) is 11.0 Å². The first-order valence-corrected chi connectivity index (χ1v) is 7.61. The van der Waals surface area contributed by atoms with E-state index in [2.05, 4.69) is 26.2 Å². The lowest BCUT2D eigenvalue weighted by Gasteiger charge is -2.09. The van der Waals surface area contributed by atoms with Crippen molar-refractivity contribution in [3.05, 3.63) is 36.2 Å². The molecule has 3 rings (SSSR count). The van der Waals surface area contributed by atoms with Crippen LogP contribution < -0.4 is 10.6 Å². The predicted molar refractivity (Wildman–Crippen MR) is 81.5 cm³/mol. The molecule has 1 atom stereocenters. The molecule has 116 valence electrons. The Morgan fingerprint density at radius 1 is 1.36 bits per heavy atom. The van der Waals surface area contributed by atoms with Gasteiger partial charge in [-0.2, -0.15) is 0 Å². The number of rotatable bonds is 6. The third kappa shape index (κ3) is 3.88. The number of carbonyl (C=O) groups excluding carboxylic acids is 1. The summed E-state index contributed by atoms with van der Waals surface area (Å²) in [5.41, 5.74) is 1.86. The highest BCUT2D eigenvalue weighted by Crippen LogP contribution is 2.11. The summed E-state index contributed by atoms with van der Waals surface area (Å²) < 4.78 is 1.58. The second kappa shape index (κ2) is 7.13. The van der Waals surface area contributed by atoms with E-state index in [9.17, 15) is 4.79 Å². The van der Waals surface area contributed by atoms with E-state index >= 15 is 0 Å². The van der Waals surface area contributed by atoms with Crippen molar-refractivity contribution >= 4 is 5.91 Å². The van der Waals surface area contributed by atoms with Gasteiger partial charge in [0.05, 0.1) is 12.1 Å². The molecule has 1 fully saturated rings. The van der Waals surface area contributed by atoms with Gasteiger partial charge in [-0.3, -0.25) is 4.79 Å². The summed E-state index contributed by atoms with van der Waals surface area (Å²) in [6, 6.07) is 7.67. The summed E-state index contributed by atoms with van der Waals surface area (Å²) in [4.78, 5) is 11.9. The van der Waals surface area contributed by atoms with Crippen LogP contribution in [0.3, 0.4) is 0 Å². The normalized spacial score (nSPS) is 17.5. The molecule has 1 aromatic carbocycles. The van der Waals surface area contributed by atoms with E-state index in [1.807, 2.05) is 24.3 Å². The molecule has 0 spiro atoms. The van der Waals surface area contributed by atoms with Gasteiger partial charge in [0.15, 0.2) is 0 Å². The Morgan fingerprint density at radius 3 is 2.91 bits per heavy atom. The van der Waals surface area contributed by atoms with Crippen LogP contribution in [0, 0.1) is 5.92 Å². The van der Waals surface area contributed by atoms with Crippen molar-refractivity contribution in [3.8, 4) is 5.69 Å². The summed E-state index contributed by atoms with van der Waals surface area (Å²) >= 11 is 0. The summed E-state index contributed by atoms with van der Waals surface area (Å²) in [7, 11) is 0. The molecule has 7 heteroatoms. The third-order valence-corrected chi connectivity index (χ3v) is 3.95. The van der Waals surface area contributed by atoms with Crippen LogP contribution in [0.1, 0.15) is 18.4 Å². The van der Waals surface area contributed by atoms with Crippen molar-refractivity contribution < 1.29 is 4.79 Å². The van der Waals surface area contributed by atoms with Gasteiger partial charge in [0.1, 0.15) is 6.33 Å². The highest BCUT2D eigenvalue weighted by atomic mass is 16.1. The van der Waals surface area contributed by atoms with E-state index in [0.29, 0.717) is 12.3 Å². The number of hydrogen-bond donors (Lipinski definition) is 2. The summed E-state index contributed by atoms with van der Waals surface area (Å²) in [6.45, 7) is 2.94. The molecule has 2 heterocycles. The Bertz CT molecular complexity index is 589. The number of amides is 1. The number of nitrogens with zero attached hydrogens (tertiary/aromatic N) is 4. The summed E-state index contributed by atoms with van der Waals surface area (Å²) in [6.07, 6.45) is 4.21. The number of carbonyl (C=O) groups is 1. The van der Waals surface area contributed by atoms with Gasteiger partial charge in [-0.25, -0.2) is 4.68 Å². The van der Waals surface area contributed by atoms with Gasteiger partial charge < -0.3 is 10.6 Å². The summed E-state index contributed by atoms with van der Waals surface area (Å²) in [5, 5.41) is 17.4. The molecule has 7 nitrogen and oxygen atoms in total. The van der Waals surface area contributed by atoms with Gasteiger partial charge in [0.25, 0.3) is 0 Å². The Morgan fingerprint density at radius 2 is 2.23 bits per heavy atom. The zero-order valence-electron chi connectivity index (χ0n) is 12.4. The molecule has 1 aromatic heterocycles. The fourth-order valence-electron chi connectivity index (χ4n) is 2.67. The molecule has 0 saturated carbocycles. The largest absolute Gasteiger partial charge is 0.356 e. The van der Waals surface area contributed by atoms with Gasteiger partial charge >= 0.3 is 0 Å². The van der Waals surface area contributed by atoms with Crippen LogP contribution in [-0.4, -0.2) is 45.7 Å². The van der Waals surface area contributed by atoms with E-state index in [0.717, 1.165) is 37.3 Å². The van der Waals surface area contributed by atoms with E-state index in [1.165, 1.54) is 6.42 Å². The molecule has 1 aliphatic rings. The number of hydrogen-bond acceptors (Lipinski definition) is 5. The van der Waals surface area contributed by atoms with E-state index in [4.69, 9.17) is 0 Å². The van der Waals surface area contributed by atoms with Gasteiger partial charge in [-0.05, 0) is 60.0 Å². The van der Waals surface area contributed by atoms with Crippen molar-refractivity contribution in [3.63, 3.8) is 0 Å². The second-order valence-corrected chi connectivity index (χ2v) is 5.60. The monoisotopic (exact) mass is 300 g/mol. The van der Waals surface area contributed by atoms with Gasteiger partial charge in [-0.15, -0.1) is 5.10 Å². The van der Waals surface area contributed by atoms with Crippen LogP contribution in [-0.2, 0) is 11.2 Å².